The highest BCUT2D eigenvalue weighted by atomic mass is 19.1. The minimum Gasteiger partial charge on any atom is -0.352 e. The molecule has 0 spiro atoms. The predicted octanol–water partition coefficient (Wildman–Crippen LogP) is 3.03. The lowest BCUT2D eigenvalue weighted by atomic mass is 10.1. The fourth-order valence-corrected chi connectivity index (χ4v) is 2.06. The van der Waals surface area contributed by atoms with Gasteiger partial charge in [0.25, 0.3) is 5.91 Å². The summed E-state index contributed by atoms with van der Waals surface area (Å²) >= 11 is 0. The monoisotopic (exact) mass is 318 g/mol. The molecule has 0 aliphatic carbocycles. The zero-order valence-corrected chi connectivity index (χ0v) is 12.5. The lowest BCUT2D eigenvalue weighted by Gasteiger charge is -2.08. The van der Waals surface area contributed by atoms with Crippen LogP contribution in [0, 0.1) is 18.6 Å². The number of anilines is 1. The van der Waals surface area contributed by atoms with Crippen LogP contribution in [0.1, 0.15) is 22.3 Å². The number of amides is 2. The van der Waals surface area contributed by atoms with Crippen molar-refractivity contribution in [2.75, 3.05) is 11.9 Å². The molecule has 2 rings (SSSR count). The molecule has 0 radical (unpaired) electrons. The van der Waals surface area contributed by atoms with E-state index in [9.17, 15) is 18.4 Å². The first-order valence-electron chi connectivity index (χ1n) is 7.05. The second kappa shape index (κ2) is 7.49. The molecule has 6 heteroatoms. The molecule has 0 saturated carbocycles. The molecular weight excluding hydrogens is 302 g/mol. The highest BCUT2D eigenvalue weighted by molar-refractivity contribution is 5.96. The van der Waals surface area contributed by atoms with E-state index in [2.05, 4.69) is 10.6 Å². The second-order valence-electron chi connectivity index (χ2n) is 5.03. The zero-order valence-electron chi connectivity index (χ0n) is 12.5. The number of hydrogen-bond donors (Lipinski definition) is 2. The quantitative estimate of drug-likeness (QED) is 0.890. The van der Waals surface area contributed by atoms with E-state index in [4.69, 9.17) is 0 Å². The molecule has 2 aromatic rings. The Morgan fingerprint density at radius 2 is 1.70 bits per heavy atom. The van der Waals surface area contributed by atoms with Gasteiger partial charge in [-0.1, -0.05) is 18.2 Å². The summed E-state index contributed by atoms with van der Waals surface area (Å²) in [5.74, 6) is -2.26. The van der Waals surface area contributed by atoms with Gasteiger partial charge >= 0.3 is 0 Å². The molecule has 0 fully saturated rings. The van der Waals surface area contributed by atoms with Crippen LogP contribution < -0.4 is 10.6 Å². The second-order valence-corrected chi connectivity index (χ2v) is 5.03. The Hall–Kier alpha value is -2.76. The fourth-order valence-electron chi connectivity index (χ4n) is 2.06. The molecule has 0 aliphatic heterocycles. The maximum atomic E-state index is 13.0. The van der Waals surface area contributed by atoms with Crippen LogP contribution in [-0.2, 0) is 4.79 Å². The summed E-state index contributed by atoms with van der Waals surface area (Å²) in [5, 5.41) is 5.01. The van der Waals surface area contributed by atoms with Crippen molar-refractivity contribution in [1.82, 2.24) is 5.32 Å². The van der Waals surface area contributed by atoms with Gasteiger partial charge in [0, 0.05) is 30.3 Å². The summed E-state index contributed by atoms with van der Waals surface area (Å²) in [6, 6.07) is 9.86. The first-order valence-corrected chi connectivity index (χ1v) is 7.05. The van der Waals surface area contributed by atoms with Crippen LogP contribution in [-0.4, -0.2) is 18.4 Å². The van der Waals surface area contributed by atoms with Gasteiger partial charge in [-0.05, 0) is 30.7 Å². The van der Waals surface area contributed by atoms with Gasteiger partial charge in [0.2, 0.25) is 5.91 Å². The summed E-state index contributed by atoms with van der Waals surface area (Å²) < 4.78 is 26.0. The number of carbonyl (C=O) groups is 2. The molecule has 2 amide bonds. The minimum atomic E-state index is -0.770. The van der Waals surface area contributed by atoms with Crippen molar-refractivity contribution in [3.05, 3.63) is 65.2 Å². The van der Waals surface area contributed by atoms with Gasteiger partial charge in [-0.25, -0.2) is 8.78 Å². The molecule has 0 aromatic heterocycles. The molecule has 2 aromatic carbocycles. The molecule has 4 nitrogen and oxygen atoms in total. The maximum Gasteiger partial charge on any atom is 0.251 e. The first-order chi connectivity index (χ1) is 11.0. The number of nitrogens with one attached hydrogen (secondary N) is 2. The number of rotatable bonds is 5. The molecule has 23 heavy (non-hydrogen) atoms. The van der Waals surface area contributed by atoms with Crippen molar-refractivity contribution in [2.45, 2.75) is 13.3 Å². The highest BCUT2D eigenvalue weighted by Crippen LogP contribution is 2.13. The number of aryl methyl sites for hydroxylation is 1. The van der Waals surface area contributed by atoms with Crippen molar-refractivity contribution in [1.29, 1.82) is 0 Å². The van der Waals surface area contributed by atoms with Crippen LogP contribution in [0.25, 0.3) is 0 Å². The number of carbonyl (C=O) groups excluding carboxylic acids is 2. The van der Waals surface area contributed by atoms with Crippen LogP contribution in [0.5, 0.6) is 0 Å². The lowest BCUT2D eigenvalue weighted by Crippen LogP contribution is -2.28. The normalized spacial score (nSPS) is 10.2. The largest absolute Gasteiger partial charge is 0.352 e. The van der Waals surface area contributed by atoms with E-state index < -0.39 is 17.5 Å². The van der Waals surface area contributed by atoms with Gasteiger partial charge in [-0.2, -0.15) is 0 Å². The Morgan fingerprint density at radius 1 is 1.04 bits per heavy atom. The predicted molar refractivity (Wildman–Crippen MR) is 83.1 cm³/mol. The van der Waals surface area contributed by atoms with Crippen molar-refractivity contribution in [3.8, 4) is 0 Å². The van der Waals surface area contributed by atoms with E-state index in [1.807, 2.05) is 19.1 Å². The zero-order chi connectivity index (χ0) is 16.8. The van der Waals surface area contributed by atoms with Gasteiger partial charge in [0.15, 0.2) is 0 Å². The first kappa shape index (κ1) is 16.6. The van der Waals surface area contributed by atoms with E-state index in [1.54, 1.807) is 12.1 Å². The van der Waals surface area contributed by atoms with E-state index in [1.165, 1.54) is 0 Å². The van der Waals surface area contributed by atoms with Crippen molar-refractivity contribution in [3.63, 3.8) is 0 Å². The summed E-state index contributed by atoms with van der Waals surface area (Å²) in [7, 11) is 0. The summed E-state index contributed by atoms with van der Waals surface area (Å²) in [6.07, 6.45) is -0.00421. The molecular formula is C17H16F2N2O2. The molecule has 0 saturated heterocycles. The Morgan fingerprint density at radius 3 is 2.35 bits per heavy atom. The molecule has 0 atom stereocenters. The van der Waals surface area contributed by atoms with Gasteiger partial charge in [0.05, 0.1) is 0 Å². The van der Waals surface area contributed by atoms with Gasteiger partial charge in [0.1, 0.15) is 11.6 Å². The van der Waals surface area contributed by atoms with Crippen molar-refractivity contribution < 1.29 is 18.4 Å². The van der Waals surface area contributed by atoms with Crippen LogP contribution >= 0.6 is 0 Å². The third kappa shape index (κ3) is 4.88. The highest BCUT2D eigenvalue weighted by Gasteiger charge is 2.09. The van der Waals surface area contributed by atoms with E-state index in [0.717, 1.165) is 23.8 Å². The summed E-state index contributed by atoms with van der Waals surface area (Å²) in [5.41, 5.74) is 1.42. The SMILES string of the molecule is Cc1ccccc1C(=O)NCCC(=O)Nc1cc(F)cc(F)c1. The van der Waals surface area contributed by atoms with Crippen molar-refractivity contribution in [2.24, 2.45) is 0 Å². The molecule has 0 bridgehead atoms. The Balaban J connectivity index is 1.83. The third-order valence-corrected chi connectivity index (χ3v) is 3.17. The average Bonchev–Trinajstić information content (AvgIpc) is 2.46. The molecule has 0 heterocycles. The van der Waals surface area contributed by atoms with Gasteiger partial charge in [-0.15, -0.1) is 0 Å². The molecule has 0 unspecified atom stereocenters. The van der Waals surface area contributed by atoms with E-state index in [-0.39, 0.29) is 24.6 Å². The Kier molecular flexibility index (Phi) is 5.41. The van der Waals surface area contributed by atoms with Gasteiger partial charge < -0.3 is 10.6 Å². The van der Waals surface area contributed by atoms with E-state index >= 15 is 0 Å². The topological polar surface area (TPSA) is 58.2 Å². The standard InChI is InChI=1S/C17H16F2N2O2/c1-11-4-2-3-5-15(11)17(23)20-7-6-16(22)21-14-9-12(18)8-13(19)10-14/h2-5,8-10H,6-7H2,1H3,(H,20,23)(H,21,22). The lowest BCUT2D eigenvalue weighted by molar-refractivity contribution is -0.116. The van der Waals surface area contributed by atoms with Crippen LogP contribution in [0.3, 0.4) is 0 Å². The molecule has 2 N–H and O–H groups in total. The minimum absolute atomic E-state index is 0.00421. The third-order valence-electron chi connectivity index (χ3n) is 3.17. The fraction of sp³-hybridized carbons (Fsp3) is 0.176. The smallest absolute Gasteiger partial charge is 0.251 e. The van der Waals surface area contributed by atoms with Crippen LogP contribution in [0.4, 0.5) is 14.5 Å². The van der Waals surface area contributed by atoms with Crippen LogP contribution in [0.15, 0.2) is 42.5 Å². The van der Waals surface area contributed by atoms with E-state index in [0.29, 0.717) is 5.56 Å². The van der Waals surface area contributed by atoms with Crippen molar-refractivity contribution >= 4 is 17.5 Å². The van der Waals surface area contributed by atoms with Gasteiger partial charge in [-0.3, -0.25) is 9.59 Å². The number of halogens is 2. The Bertz CT molecular complexity index is 712. The average molecular weight is 318 g/mol. The molecule has 120 valence electrons. The summed E-state index contributed by atoms with van der Waals surface area (Å²) in [4.78, 5) is 23.7. The maximum absolute atomic E-state index is 13.0. The number of benzene rings is 2. The van der Waals surface area contributed by atoms with Crippen LogP contribution in [0.2, 0.25) is 0 Å². The number of hydrogen-bond acceptors (Lipinski definition) is 2. The Labute approximate surface area is 132 Å². The molecule has 0 aliphatic rings. The summed E-state index contributed by atoms with van der Waals surface area (Å²) in [6.45, 7) is 1.94.